The maximum absolute atomic E-state index is 13.8. The number of ether oxygens (including phenoxy) is 1. The number of hydrogen-bond donors (Lipinski definition) is 3. The van der Waals surface area contributed by atoms with Crippen molar-refractivity contribution in [1.82, 2.24) is 14.8 Å². The van der Waals surface area contributed by atoms with E-state index in [2.05, 4.69) is 45.3 Å². The molecule has 3 heterocycles. The molecule has 1 aromatic heterocycles. The number of fused-ring (bicyclic) bond motifs is 5. The highest BCUT2D eigenvalue weighted by atomic mass is 16.5. The monoisotopic (exact) mass is 552 g/mol. The molecule has 0 spiro atoms. The van der Waals surface area contributed by atoms with Gasteiger partial charge in [0.05, 0.1) is 38.2 Å². The first kappa shape index (κ1) is 27.0. The molecule has 4 N–H and O–H groups in total. The van der Waals surface area contributed by atoms with Gasteiger partial charge in [0.1, 0.15) is 0 Å². The van der Waals surface area contributed by atoms with Crippen molar-refractivity contribution in [3.63, 3.8) is 0 Å². The van der Waals surface area contributed by atoms with Gasteiger partial charge in [0.2, 0.25) is 0 Å². The van der Waals surface area contributed by atoms with E-state index in [0.29, 0.717) is 50.0 Å². The fourth-order valence-corrected chi connectivity index (χ4v) is 6.53. The standard InChI is InChI=1S/C32H36N6O3/c33-25(19-36-34)18-35-31(39)23-10-11-27-28(17-23)38-20-24(32(40)37-12-14-41-15-13-37)16-22-8-4-5-9-26(22)30(38)29(27)21-6-2-1-3-7-21/h4-5,8-11,16-17,19,21,34H,1-3,6-7,12-15,18,20,33H2,(H,35,39)/b25-19-,36-34?. The van der Waals surface area contributed by atoms with Gasteiger partial charge in [-0.25, -0.2) is 5.53 Å². The average molecular weight is 553 g/mol. The Kier molecular flexibility index (Phi) is 7.69. The summed E-state index contributed by atoms with van der Waals surface area (Å²) in [6, 6.07) is 14.2. The van der Waals surface area contributed by atoms with Crippen LogP contribution in [0.5, 0.6) is 0 Å². The van der Waals surface area contributed by atoms with Crippen LogP contribution in [0.25, 0.3) is 28.2 Å². The maximum atomic E-state index is 13.8. The van der Waals surface area contributed by atoms with E-state index in [1.165, 1.54) is 31.0 Å². The molecule has 2 fully saturated rings. The van der Waals surface area contributed by atoms with Gasteiger partial charge in [-0.1, -0.05) is 49.6 Å². The predicted molar refractivity (Wildman–Crippen MR) is 158 cm³/mol. The third-order valence-electron chi connectivity index (χ3n) is 8.51. The number of nitrogens with two attached hydrogens (primary N) is 1. The molecule has 0 unspecified atom stereocenters. The van der Waals surface area contributed by atoms with E-state index in [-0.39, 0.29) is 18.4 Å². The highest BCUT2D eigenvalue weighted by molar-refractivity contribution is 6.04. The van der Waals surface area contributed by atoms with Gasteiger partial charge in [0.25, 0.3) is 11.8 Å². The summed E-state index contributed by atoms with van der Waals surface area (Å²) in [6.07, 6.45) is 9.21. The van der Waals surface area contributed by atoms with Crippen molar-refractivity contribution >= 4 is 28.8 Å². The van der Waals surface area contributed by atoms with Crippen LogP contribution >= 0.6 is 0 Å². The predicted octanol–water partition coefficient (Wildman–Crippen LogP) is 5.17. The average Bonchev–Trinajstić information content (AvgIpc) is 3.22. The van der Waals surface area contributed by atoms with Crippen molar-refractivity contribution < 1.29 is 14.3 Å². The number of hydrogen-bond acceptors (Lipinski definition) is 6. The Labute approximate surface area is 239 Å². The number of carbonyl (C=O) groups is 2. The Balaban J connectivity index is 1.50. The summed E-state index contributed by atoms with van der Waals surface area (Å²) in [5, 5.41) is 7.14. The molecule has 9 heteroatoms. The highest BCUT2D eigenvalue weighted by Gasteiger charge is 2.31. The molecule has 1 saturated heterocycles. The topological polar surface area (TPSA) is 126 Å². The lowest BCUT2D eigenvalue weighted by Crippen LogP contribution is -2.41. The Bertz CT molecular complexity index is 1560. The molecular weight excluding hydrogens is 516 g/mol. The summed E-state index contributed by atoms with van der Waals surface area (Å²) >= 11 is 0. The Morgan fingerprint density at radius 3 is 2.66 bits per heavy atom. The van der Waals surface area contributed by atoms with Crippen LogP contribution < -0.4 is 11.1 Å². The molecule has 2 amide bonds. The van der Waals surface area contributed by atoms with Crippen LogP contribution in [0.2, 0.25) is 0 Å². The molecule has 0 radical (unpaired) electrons. The molecule has 212 valence electrons. The third-order valence-corrected chi connectivity index (χ3v) is 8.51. The van der Waals surface area contributed by atoms with E-state index in [9.17, 15) is 9.59 Å². The first-order valence-corrected chi connectivity index (χ1v) is 14.5. The zero-order valence-corrected chi connectivity index (χ0v) is 23.2. The van der Waals surface area contributed by atoms with E-state index >= 15 is 0 Å². The lowest BCUT2D eigenvalue weighted by Gasteiger charge is -2.28. The Hall–Kier alpha value is -4.24. The third kappa shape index (κ3) is 5.29. The molecule has 0 atom stereocenters. The normalized spacial score (nSPS) is 17.8. The number of amides is 2. The van der Waals surface area contributed by atoms with Crippen LogP contribution in [-0.4, -0.2) is 54.1 Å². The quantitative estimate of drug-likeness (QED) is 0.365. The minimum Gasteiger partial charge on any atom is -0.399 e. The van der Waals surface area contributed by atoms with E-state index in [4.69, 9.17) is 16.0 Å². The fourth-order valence-electron chi connectivity index (χ4n) is 6.53. The molecule has 3 aliphatic rings. The zero-order chi connectivity index (χ0) is 28.3. The zero-order valence-electron chi connectivity index (χ0n) is 23.2. The van der Waals surface area contributed by atoms with Crippen molar-refractivity contribution in [3.05, 3.63) is 76.6 Å². The van der Waals surface area contributed by atoms with Gasteiger partial charge in [-0.3, -0.25) is 9.59 Å². The molecule has 1 saturated carbocycles. The van der Waals surface area contributed by atoms with Crippen LogP contribution in [0.15, 0.2) is 65.0 Å². The number of nitrogens with one attached hydrogen (secondary N) is 2. The summed E-state index contributed by atoms with van der Waals surface area (Å²) in [6.45, 7) is 2.79. The largest absolute Gasteiger partial charge is 0.399 e. The fraction of sp³-hybridized carbons (Fsp3) is 0.375. The first-order valence-electron chi connectivity index (χ1n) is 14.5. The summed E-state index contributed by atoms with van der Waals surface area (Å²) < 4.78 is 7.77. The van der Waals surface area contributed by atoms with Crippen molar-refractivity contribution in [3.8, 4) is 11.3 Å². The Morgan fingerprint density at radius 2 is 1.88 bits per heavy atom. The number of rotatable bonds is 6. The van der Waals surface area contributed by atoms with Gasteiger partial charge in [-0.2, -0.15) is 5.11 Å². The van der Waals surface area contributed by atoms with Gasteiger partial charge >= 0.3 is 0 Å². The van der Waals surface area contributed by atoms with E-state index in [1.807, 2.05) is 23.1 Å². The van der Waals surface area contributed by atoms with Crippen molar-refractivity contribution in [1.29, 1.82) is 5.53 Å². The van der Waals surface area contributed by atoms with E-state index in [0.717, 1.165) is 46.1 Å². The van der Waals surface area contributed by atoms with Crippen molar-refractivity contribution in [2.75, 3.05) is 32.8 Å². The van der Waals surface area contributed by atoms with Gasteiger partial charge in [-0.05, 0) is 48.1 Å². The van der Waals surface area contributed by atoms with Crippen LogP contribution in [0.4, 0.5) is 0 Å². The summed E-state index contributed by atoms with van der Waals surface area (Å²) in [5.41, 5.74) is 19.9. The molecule has 3 aromatic rings. The SMILES string of the molecule is N=N/C=C(\N)CNC(=O)c1ccc2c(C3CCCCC3)c3n(c2c1)CC(C(=O)N1CCOCC1)=Cc1ccccc1-3. The number of nitrogens with zero attached hydrogens (tertiary/aromatic N) is 3. The molecule has 1 aliphatic carbocycles. The van der Waals surface area contributed by atoms with Crippen LogP contribution in [0.3, 0.4) is 0 Å². The van der Waals surface area contributed by atoms with Gasteiger partial charge in [-0.15, -0.1) is 0 Å². The van der Waals surface area contributed by atoms with Crippen molar-refractivity contribution in [2.45, 2.75) is 44.6 Å². The second kappa shape index (κ2) is 11.7. The molecule has 2 aromatic carbocycles. The molecule has 9 nitrogen and oxygen atoms in total. The van der Waals surface area contributed by atoms with Crippen LogP contribution in [0.1, 0.15) is 59.5 Å². The van der Waals surface area contributed by atoms with Gasteiger partial charge < -0.3 is 25.3 Å². The minimum atomic E-state index is -0.253. The van der Waals surface area contributed by atoms with Crippen LogP contribution in [-0.2, 0) is 16.1 Å². The second-order valence-electron chi connectivity index (χ2n) is 11.1. The summed E-state index contributed by atoms with van der Waals surface area (Å²) in [5.74, 6) is 0.204. The number of carbonyl (C=O) groups excluding carboxylic acids is 2. The highest BCUT2D eigenvalue weighted by Crippen LogP contribution is 2.46. The molecular formula is C32H36N6O3. The minimum absolute atomic E-state index is 0.0352. The lowest BCUT2D eigenvalue weighted by atomic mass is 9.81. The summed E-state index contributed by atoms with van der Waals surface area (Å²) in [4.78, 5) is 28.9. The lowest BCUT2D eigenvalue weighted by molar-refractivity contribution is -0.131. The van der Waals surface area contributed by atoms with Gasteiger partial charge in [0.15, 0.2) is 0 Å². The Morgan fingerprint density at radius 1 is 1.10 bits per heavy atom. The van der Waals surface area contributed by atoms with Crippen molar-refractivity contribution in [2.24, 2.45) is 10.8 Å². The molecule has 6 rings (SSSR count). The van der Waals surface area contributed by atoms with E-state index in [1.54, 1.807) is 0 Å². The molecule has 41 heavy (non-hydrogen) atoms. The van der Waals surface area contributed by atoms with E-state index < -0.39 is 0 Å². The first-order chi connectivity index (χ1) is 20.0. The maximum Gasteiger partial charge on any atom is 0.251 e. The number of morpholine rings is 1. The van der Waals surface area contributed by atoms with Crippen LogP contribution in [0, 0.1) is 5.53 Å². The summed E-state index contributed by atoms with van der Waals surface area (Å²) in [7, 11) is 0. The number of aromatic nitrogens is 1. The van der Waals surface area contributed by atoms with Gasteiger partial charge in [0, 0.05) is 46.4 Å². The second-order valence-corrected chi connectivity index (χ2v) is 11.1. The number of benzene rings is 2. The molecule has 2 aliphatic heterocycles. The molecule has 0 bridgehead atoms. The smallest absolute Gasteiger partial charge is 0.251 e.